The van der Waals surface area contributed by atoms with E-state index < -0.39 is 0 Å². The molecule has 118 valence electrons. The van der Waals surface area contributed by atoms with Crippen LogP contribution in [0.25, 0.3) is 11.3 Å². The third kappa shape index (κ3) is 3.19. The van der Waals surface area contributed by atoms with Crippen molar-refractivity contribution in [3.63, 3.8) is 0 Å². The van der Waals surface area contributed by atoms with Gasteiger partial charge in [-0.2, -0.15) is 16.4 Å². The van der Waals surface area contributed by atoms with Crippen LogP contribution in [-0.2, 0) is 0 Å². The minimum atomic E-state index is -0.351. The maximum absolute atomic E-state index is 12.3. The predicted octanol–water partition coefficient (Wildman–Crippen LogP) is 4.10. The summed E-state index contributed by atoms with van der Waals surface area (Å²) in [6.45, 7) is 1.86. The van der Waals surface area contributed by atoms with Crippen LogP contribution in [-0.4, -0.2) is 23.3 Å². The van der Waals surface area contributed by atoms with E-state index in [0.717, 1.165) is 17.0 Å². The average molecular weight is 328 g/mol. The van der Waals surface area contributed by atoms with Crippen molar-refractivity contribution >= 4 is 28.7 Å². The lowest BCUT2D eigenvalue weighted by atomic mass is 10.2. The monoisotopic (exact) mass is 328 g/mol. The van der Waals surface area contributed by atoms with Crippen LogP contribution in [0, 0.1) is 6.92 Å². The van der Waals surface area contributed by atoms with Crippen LogP contribution in [0.4, 0.5) is 16.2 Å². The molecule has 0 unspecified atom stereocenters. The number of aromatic amines is 1. The molecule has 7 heteroatoms. The number of nitrogens with zero attached hydrogens (tertiary/aromatic N) is 1. The van der Waals surface area contributed by atoms with E-state index in [1.165, 1.54) is 0 Å². The molecule has 3 aromatic rings. The number of hydrogen-bond acceptors (Lipinski definition) is 4. The summed E-state index contributed by atoms with van der Waals surface area (Å²) in [6.07, 6.45) is 0. The van der Waals surface area contributed by atoms with Crippen LogP contribution >= 0.6 is 11.3 Å². The van der Waals surface area contributed by atoms with E-state index in [1.807, 2.05) is 35.9 Å². The van der Waals surface area contributed by atoms with Crippen LogP contribution in [0.15, 0.2) is 41.1 Å². The Balaban J connectivity index is 1.80. The Bertz CT molecular complexity index is 811. The second-order valence-electron chi connectivity index (χ2n) is 4.86. The van der Waals surface area contributed by atoms with Crippen LogP contribution in [0.3, 0.4) is 0 Å². The molecule has 2 amide bonds. The number of nitrogens with one attached hydrogen (secondary N) is 3. The molecule has 0 fully saturated rings. The average Bonchev–Trinajstić information content (AvgIpc) is 3.19. The highest BCUT2D eigenvalue weighted by Crippen LogP contribution is 2.30. The minimum Gasteiger partial charge on any atom is -0.495 e. The molecule has 3 N–H and O–H groups in total. The Morgan fingerprint density at radius 3 is 2.83 bits per heavy atom. The Morgan fingerprint density at radius 1 is 1.26 bits per heavy atom. The number of thiophene rings is 1. The summed E-state index contributed by atoms with van der Waals surface area (Å²) < 4.78 is 5.23. The van der Waals surface area contributed by atoms with Crippen molar-refractivity contribution in [3.05, 3.63) is 46.8 Å². The maximum Gasteiger partial charge on any atom is 0.323 e. The van der Waals surface area contributed by atoms with Crippen LogP contribution in [0.2, 0.25) is 0 Å². The lowest BCUT2D eigenvalue weighted by molar-refractivity contribution is 0.262. The third-order valence-electron chi connectivity index (χ3n) is 3.34. The Morgan fingerprint density at radius 2 is 2.09 bits per heavy atom. The molecule has 1 aromatic carbocycles. The first-order valence-electron chi connectivity index (χ1n) is 6.97. The van der Waals surface area contributed by atoms with E-state index in [4.69, 9.17) is 4.74 Å². The first-order valence-corrected chi connectivity index (χ1v) is 7.92. The second-order valence-corrected chi connectivity index (χ2v) is 5.64. The maximum atomic E-state index is 12.3. The quantitative estimate of drug-likeness (QED) is 0.674. The molecular formula is C16H16N4O2S. The standard InChI is InChI=1S/C16H16N4O2S/c1-10-14(15(20-19-10)11-7-8-23-9-11)18-16(21)17-12-5-3-4-6-13(12)22-2/h3-9H,1-2H3,(H,19,20)(H2,17,18,21). The number of para-hydroxylation sites is 2. The molecule has 0 saturated carbocycles. The molecule has 2 heterocycles. The molecule has 23 heavy (non-hydrogen) atoms. The fourth-order valence-corrected chi connectivity index (χ4v) is 2.85. The number of methoxy groups -OCH3 is 1. The lowest BCUT2D eigenvalue weighted by Gasteiger charge is -2.11. The van der Waals surface area contributed by atoms with Gasteiger partial charge < -0.3 is 15.4 Å². The Labute approximate surface area is 137 Å². The molecule has 0 aliphatic heterocycles. The minimum absolute atomic E-state index is 0.351. The lowest BCUT2D eigenvalue weighted by Crippen LogP contribution is -2.20. The van der Waals surface area contributed by atoms with Crippen molar-refractivity contribution in [1.29, 1.82) is 0 Å². The number of hydrogen-bond donors (Lipinski definition) is 3. The normalized spacial score (nSPS) is 10.3. The first kappa shape index (κ1) is 15.1. The molecule has 0 radical (unpaired) electrons. The van der Waals surface area contributed by atoms with Crippen LogP contribution < -0.4 is 15.4 Å². The number of anilines is 2. The molecule has 0 saturated heterocycles. The zero-order chi connectivity index (χ0) is 16.2. The van der Waals surface area contributed by atoms with E-state index in [0.29, 0.717) is 17.1 Å². The number of aryl methyl sites for hydroxylation is 1. The number of urea groups is 1. The van der Waals surface area contributed by atoms with E-state index >= 15 is 0 Å². The van der Waals surface area contributed by atoms with Crippen molar-refractivity contribution in [3.8, 4) is 17.0 Å². The van der Waals surface area contributed by atoms with Gasteiger partial charge >= 0.3 is 6.03 Å². The van der Waals surface area contributed by atoms with Gasteiger partial charge in [-0.3, -0.25) is 5.10 Å². The van der Waals surface area contributed by atoms with Gasteiger partial charge in [-0.1, -0.05) is 12.1 Å². The van der Waals surface area contributed by atoms with Gasteiger partial charge in [0, 0.05) is 10.9 Å². The van der Waals surface area contributed by atoms with Crippen LogP contribution in [0.1, 0.15) is 5.69 Å². The third-order valence-corrected chi connectivity index (χ3v) is 4.02. The molecule has 0 spiro atoms. The summed E-state index contributed by atoms with van der Waals surface area (Å²) >= 11 is 1.58. The van der Waals surface area contributed by atoms with Gasteiger partial charge in [0.2, 0.25) is 0 Å². The highest BCUT2D eigenvalue weighted by atomic mass is 32.1. The van der Waals surface area contributed by atoms with Crippen molar-refractivity contribution in [2.75, 3.05) is 17.7 Å². The van der Waals surface area contributed by atoms with E-state index in [2.05, 4.69) is 20.8 Å². The number of H-pyrrole nitrogens is 1. The SMILES string of the molecule is COc1ccccc1NC(=O)Nc1c(-c2ccsc2)n[nH]c1C. The van der Waals surface area contributed by atoms with Gasteiger partial charge in [-0.25, -0.2) is 4.79 Å². The highest BCUT2D eigenvalue weighted by Gasteiger charge is 2.16. The molecule has 0 bridgehead atoms. The molecule has 6 nitrogen and oxygen atoms in total. The first-order chi connectivity index (χ1) is 11.2. The summed E-state index contributed by atoms with van der Waals surface area (Å²) in [4.78, 5) is 12.3. The molecule has 2 aromatic heterocycles. The number of carbonyl (C=O) groups excluding carboxylic acids is 1. The van der Waals surface area contributed by atoms with Gasteiger partial charge in [-0.05, 0) is 30.5 Å². The fourth-order valence-electron chi connectivity index (χ4n) is 2.21. The summed E-state index contributed by atoms with van der Waals surface area (Å²) in [5.41, 5.74) is 3.74. The number of aromatic nitrogens is 2. The van der Waals surface area contributed by atoms with Crippen molar-refractivity contribution < 1.29 is 9.53 Å². The van der Waals surface area contributed by atoms with Gasteiger partial charge in [0.15, 0.2) is 0 Å². The second kappa shape index (κ2) is 6.53. The predicted molar refractivity (Wildman–Crippen MR) is 92.3 cm³/mol. The zero-order valence-electron chi connectivity index (χ0n) is 12.7. The van der Waals surface area contributed by atoms with E-state index in [9.17, 15) is 4.79 Å². The summed E-state index contributed by atoms with van der Waals surface area (Å²) in [6, 6.07) is 8.85. The molecule has 0 atom stereocenters. The Kier molecular flexibility index (Phi) is 4.29. The number of benzene rings is 1. The van der Waals surface area contributed by atoms with Gasteiger partial charge in [0.05, 0.1) is 24.2 Å². The van der Waals surface area contributed by atoms with Gasteiger partial charge in [0.1, 0.15) is 11.4 Å². The van der Waals surface area contributed by atoms with E-state index in [-0.39, 0.29) is 6.03 Å². The topological polar surface area (TPSA) is 79.0 Å². The molecule has 0 aliphatic rings. The van der Waals surface area contributed by atoms with Crippen molar-refractivity contribution in [2.45, 2.75) is 6.92 Å². The van der Waals surface area contributed by atoms with E-state index in [1.54, 1.807) is 30.6 Å². The zero-order valence-corrected chi connectivity index (χ0v) is 13.5. The summed E-state index contributed by atoms with van der Waals surface area (Å²) in [7, 11) is 1.56. The summed E-state index contributed by atoms with van der Waals surface area (Å²) in [5.74, 6) is 0.602. The molecule has 3 rings (SSSR count). The van der Waals surface area contributed by atoms with Crippen molar-refractivity contribution in [1.82, 2.24) is 10.2 Å². The summed E-state index contributed by atoms with van der Waals surface area (Å²) in [5, 5.41) is 16.8. The smallest absolute Gasteiger partial charge is 0.323 e. The van der Waals surface area contributed by atoms with Crippen molar-refractivity contribution in [2.24, 2.45) is 0 Å². The number of amides is 2. The largest absolute Gasteiger partial charge is 0.495 e. The number of ether oxygens (including phenoxy) is 1. The van der Waals surface area contributed by atoms with Gasteiger partial charge in [-0.15, -0.1) is 0 Å². The Hall–Kier alpha value is -2.80. The molecule has 0 aliphatic carbocycles. The van der Waals surface area contributed by atoms with Crippen LogP contribution in [0.5, 0.6) is 5.75 Å². The van der Waals surface area contributed by atoms with Gasteiger partial charge in [0.25, 0.3) is 0 Å². The highest BCUT2D eigenvalue weighted by molar-refractivity contribution is 7.08. The number of rotatable bonds is 4. The number of carbonyl (C=O) groups is 1. The molecular weight excluding hydrogens is 312 g/mol. The fraction of sp³-hybridized carbons (Fsp3) is 0.125.